The zero-order valence-corrected chi connectivity index (χ0v) is 15.7. The molecule has 0 radical (unpaired) electrons. The zero-order chi connectivity index (χ0) is 19.3. The number of anilines is 2. The van der Waals surface area contributed by atoms with Crippen LogP contribution in [0.4, 0.5) is 11.6 Å². The molecule has 28 heavy (non-hydrogen) atoms. The quantitative estimate of drug-likeness (QED) is 0.733. The minimum absolute atomic E-state index is 0.254. The van der Waals surface area contributed by atoms with Crippen LogP contribution in [0.25, 0.3) is 0 Å². The first-order valence-corrected chi connectivity index (χ1v) is 9.33. The maximum atomic E-state index is 8.86. The van der Waals surface area contributed by atoms with Crippen LogP contribution in [0, 0.1) is 18.3 Å². The molecule has 7 heteroatoms. The number of hydrogen-bond acceptors (Lipinski definition) is 7. The molecule has 1 atom stereocenters. The second kappa shape index (κ2) is 8.11. The Hall–Kier alpha value is -3.37. The Bertz CT molecular complexity index is 994. The second-order valence-corrected chi connectivity index (χ2v) is 6.87. The Morgan fingerprint density at radius 1 is 1.18 bits per heavy atom. The molecule has 1 saturated heterocycles. The minimum atomic E-state index is 0.254. The largest absolute Gasteiger partial charge is 0.323 e. The molecule has 1 aliphatic heterocycles. The number of rotatable bonds is 5. The Labute approximate surface area is 164 Å². The maximum absolute atomic E-state index is 8.86. The van der Waals surface area contributed by atoms with Crippen molar-refractivity contribution in [2.24, 2.45) is 0 Å². The van der Waals surface area contributed by atoms with E-state index in [1.54, 1.807) is 24.5 Å². The van der Waals surface area contributed by atoms with E-state index in [1.165, 1.54) is 5.56 Å². The van der Waals surface area contributed by atoms with E-state index >= 15 is 0 Å². The number of aryl methyl sites for hydroxylation is 1. The first kappa shape index (κ1) is 18.0. The minimum Gasteiger partial charge on any atom is -0.323 e. The molecule has 4 heterocycles. The summed E-state index contributed by atoms with van der Waals surface area (Å²) in [5, 5.41) is 12.0. The van der Waals surface area contributed by atoms with Gasteiger partial charge in [0.1, 0.15) is 11.8 Å². The molecule has 3 aromatic rings. The average Bonchev–Trinajstić information content (AvgIpc) is 3.19. The lowest BCUT2D eigenvalue weighted by Gasteiger charge is -2.24. The Kier molecular flexibility index (Phi) is 5.22. The smallest absolute Gasteiger partial charge is 0.227 e. The average molecular weight is 371 g/mol. The van der Waals surface area contributed by atoms with Crippen molar-refractivity contribution in [2.75, 3.05) is 11.9 Å². The number of nitriles is 1. The highest BCUT2D eigenvalue weighted by atomic mass is 15.2. The summed E-state index contributed by atoms with van der Waals surface area (Å²) in [6.45, 7) is 3.96. The van der Waals surface area contributed by atoms with Gasteiger partial charge in [-0.3, -0.25) is 9.88 Å². The highest BCUT2D eigenvalue weighted by Gasteiger charge is 2.28. The van der Waals surface area contributed by atoms with Gasteiger partial charge < -0.3 is 5.32 Å². The topological polar surface area (TPSA) is 90.6 Å². The van der Waals surface area contributed by atoms with Gasteiger partial charge in [-0.1, -0.05) is 6.07 Å². The number of likely N-dealkylation sites (tertiary alicyclic amines) is 1. The van der Waals surface area contributed by atoms with Gasteiger partial charge in [-0.2, -0.15) is 5.26 Å². The monoisotopic (exact) mass is 371 g/mol. The molecule has 1 fully saturated rings. The van der Waals surface area contributed by atoms with Crippen molar-refractivity contribution in [1.29, 1.82) is 5.26 Å². The lowest BCUT2D eigenvalue weighted by Crippen LogP contribution is -2.24. The SMILES string of the molecule is Cc1cccnc1CN1CCC[C@H]1c1ccnc(Nc2ccc(C#N)nc2)n1. The number of nitrogens with one attached hydrogen (secondary N) is 1. The van der Waals surface area contributed by atoms with Gasteiger partial charge in [-0.25, -0.2) is 15.0 Å². The van der Waals surface area contributed by atoms with E-state index in [4.69, 9.17) is 10.2 Å². The molecule has 0 unspecified atom stereocenters. The number of nitrogens with zero attached hydrogens (tertiary/aromatic N) is 6. The summed E-state index contributed by atoms with van der Waals surface area (Å²) < 4.78 is 0. The fourth-order valence-corrected chi connectivity index (χ4v) is 3.51. The molecule has 0 aliphatic carbocycles. The van der Waals surface area contributed by atoms with E-state index in [0.29, 0.717) is 11.6 Å². The van der Waals surface area contributed by atoms with Crippen LogP contribution in [0.2, 0.25) is 0 Å². The van der Waals surface area contributed by atoms with Crippen molar-refractivity contribution in [3.05, 3.63) is 71.6 Å². The standard InChI is InChI=1S/C21H21N7/c1-15-4-2-9-23-19(15)14-28-11-3-5-20(28)18-8-10-24-21(27-18)26-17-7-6-16(12-22)25-13-17/h2,4,6-10,13,20H,3,5,11,14H2,1H3,(H,24,26,27)/t20-/m0/s1. The molecular formula is C21H21N7. The van der Waals surface area contributed by atoms with Gasteiger partial charge in [-0.05, 0) is 56.1 Å². The van der Waals surface area contributed by atoms with E-state index in [1.807, 2.05) is 24.4 Å². The summed E-state index contributed by atoms with van der Waals surface area (Å²) >= 11 is 0. The van der Waals surface area contributed by atoms with Gasteiger partial charge in [0.2, 0.25) is 5.95 Å². The highest BCUT2D eigenvalue weighted by Crippen LogP contribution is 2.32. The Morgan fingerprint density at radius 3 is 2.89 bits per heavy atom. The van der Waals surface area contributed by atoms with Crippen LogP contribution in [0.3, 0.4) is 0 Å². The molecule has 0 amide bonds. The van der Waals surface area contributed by atoms with Gasteiger partial charge in [-0.15, -0.1) is 0 Å². The van der Waals surface area contributed by atoms with Crippen LogP contribution in [-0.4, -0.2) is 31.4 Å². The maximum Gasteiger partial charge on any atom is 0.227 e. The van der Waals surface area contributed by atoms with Crippen molar-refractivity contribution in [3.63, 3.8) is 0 Å². The summed E-state index contributed by atoms with van der Waals surface area (Å²) in [5.74, 6) is 0.532. The fourth-order valence-electron chi connectivity index (χ4n) is 3.51. The lowest BCUT2D eigenvalue weighted by molar-refractivity contribution is 0.241. The predicted octanol–water partition coefficient (Wildman–Crippen LogP) is 3.53. The highest BCUT2D eigenvalue weighted by molar-refractivity contribution is 5.52. The molecule has 0 bridgehead atoms. The summed E-state index contributed by atoms with van der Waals surface area (Å²) in [6.07, 6.45) is 7.46. The van der Waals surface area contributed by atoms with E-state index in [0.717, 1.165) is 43.0 Å². The van der Waals surface area contributed by atoms with E-state index in [-0.39, 0.29) is 6.04 Å². The first-order valence-electron chi connectivity index (χ1n) is 9.33. The molecular weight excluding hydrogens is 350 g/mol. The Balaban J connectivity index is 1.51. The van der Waals surface area contributed by atoms with Crippen molar-refractivity contribution < 1.29 is 0 Å². The lowest BCUT2D eigenvalue weighted by atomic mass is 10.1. The molecule has 140 valence electrons. The van der Waals surface area contributed by atoms with Crippen LogP contribution in [-0.2, 0) is 6.54 Å². The Morgan fingerprint density at radius 2 is 2.11 bits per heavy atom. The molecule has 1 aliphatic rings. The van der Waals surface area contributed by atoms with Crippen LogP contribution in [0.15, 0.2) is 48.9 Å². The van der Waals surface area contributed by atoms with Gasteiger partial charge in [0.15, 0.2) is 0 Å². The predicted molar refractivity (Wildman–Crippen MR) is 106 cm³/mol. The van der Waals surface area contributed by atoms with Crippen LogP contribution in [0.5, 0.6) is 0 Å². The number of hydrogen-bond donors (Lipinski definition) is 1. The van der Waals surface area contributed by atoms with Gasteiger partial charge in [0.05, 0.1) is 29.3 Å². The summed E-state index contributed by atoms with van der Waals surface area (Å²) in [6, 6.07) is 11.8. The first-order chi connectivity index (χ1) is 13.7. The van der Waals surface area contributed by atoms with Gasteiger partial charge in [0, 0.05) is 18.9 Å². The normalized spacial score (nSPS) is 16.6. The number of pyridine rings is 2. The number of aromatic nitrogens is 4. The third kappa shape index (κ3) is 3.97. The van der Waals surface area contributed by atoms with Crippen molar-refractivity contribution in [3.8, 4) is 6.07 Å². The van der Waals surface area contributed by atoms with Gasteiger partial charge in [0.25, 0.3) is 0 Å². The summed E-state index contributed by atoms with van der Waals surface area (Å²) in [4.78, 5) is 20.1. The second-order valence-electron chi connectivity index (χ2n) is 6.87. The van der Waals surface area contributed by atoms with Crippen LogP contribution >= 0.6 is 0 Å². The van der Waals surface area contributed by atoms with E-state index in [9.17, 15) is 0 Å². The third-order valence-corrected chi connectivity index (χ3v) is 4.99. The third-order valence-electron chi connectivity index (χ3n) is 4.99. The van der Waals surface area contributed by atoms with Crippen LogP contribution < -0.4 is 5.32 Å². The molecule has 0 saturated carbocycles. The fraction of sp³-hybridized carbons (Fsp3) is 0.286. The molecule has 0 spiro atoms. The molecule has 3 aromatic heterocycles. The van der Waals surface area contributed by atoms with Crippen molar-refractivity contribution in [2.45, 2.75) is 32.4 Å². The van der Waals surface area contributed by atoms with Crippen molar-refractivity contribution in [1.82, 2.24) is 24.8 Å². The summed E-state index contributed by atoms with van der Waals surface area (Å²) in [5.41, 5.74) is 4.47. The molecule has 7 nitrogen and oxygen atoms in total. The van der Waals surface area contributed by atoms with Crippen LogP contribution in [0.1, 0.15) is 41.5 Å². The van der Waals surface area contributed by atoms with E-state index in [2.05, 4.69) is 38.2 Å². The molecule has 1 N–H and O–H groups in total. The zero-order valence-electron chi connectivity index (χ0n) is 15.7. The molecule has 4 rings (SSSR count). The molecule has 0 aromatic carbocycles. The van der Waals surface area contributed by atoms with Gasteiger partial charge >= 0.3 is 0 Å². The van der Waals surface area contributed by atoms with E-state index < -0.39 is 0 Å². The van der Waals surface area contributed by atoms with Crippen molar-refractivity contribution >= 4 is 11.6 Å². The summed E-state index contributed by atoms with van der Waals surface area (Å²) in [7, 11) is 0.